The molecule has 0 aliphatic carbocycles. The standard InChI is InChI=1S/C27H36N6/c1-2-28-27(29-17-13-24-9-11-26(12-10-24)33-18-6-16-31-33)30-21-25-15-20-32(22-25)19-14-23-7-4-3-5-8-23/h3-12,16,18,25H,2,13-15,17,19-22H2,1H3,(H2,28,29,30). The molecular weight excluding hydrogens is 408 g/mol. The largest absolute Gasteiger partial charge is 0.357 e. The Morgan fingerprint density at radius 1 is 1.00 bits per heavy atom. The van der Waals surface area contributed by atoms with Gasteiger partial charge in [0.15, 0.2) is 5.96 Å². The molecular formula is C27H36N6. The monoisotopic (exact) mass is 444 g/mol. The van der Waals surface area contributed by atoms with E-state index in [1.807, 2.05) is 16.9 Å². The fourth-order valence-electron chi connectivity index (χ4n) is 4.32. The fourth-order valence-corrected chi connectivity index (χ4v) is 4.32. The second-order valence-corrected chi connectivity index (χ2v) is 8.70. The Balaban J connectivity index is 1.19. The van der Waals surface area contributed by atoms with E-state index in [1.165, 1.54) is 24.1 Å². The van der Waals surface area contributed by atoms with Gasteiger partial charge in [-0.15, -0.1) is 0 Å². The summed E-state index contributed by atoms with van der Waals surface area (Å²) in [6.45, 7) is 8.21. The molecule has 2 aromatic carbocycles. The molecule has 33 heavy (non-hydrogen) atoms. The highest BCUT2D eigenvalue weighted by Gasteiger charge is 2.21. The average molecular weight is 445 g/mol. The van der Waals surface area contributed by atoms with Crippen molar-refractivity contribution in [2.75, 3.05) is 39.3 Å². The van der Waals surface area contributed by atoms with Crippen molar-refractivity contribution in [3.05, 3.63) is 84.2 Å². The van der Waals surface area contributed by atoms with Crippen molar-refractivity contribution in [1.29, 1.82) is 0 Å². The number of benzene rings is 2. The molecule has 0 amide bonds. The zero-order valence-electron chi connectivity index (χ0n) is 19.7. The molecule has 0 spiro atoms. The van der Waals surface area contributed by atoms with Crippen LogP contribution in [0.4, 0.5) is 0 Å². The van der Waals surface area contributed by atoms with Crippen LogP contribution in [-0.2, 0) is 12.8 Å². The van der Waals surface area contributed by atoms with Gasteiger partial charge in [-0.2, -0.15) is 5.10 Å². The molecule has 0 radical (unpaired) electrons. The number of aromatic nitrogens is 2. The second kappa shape index (κ2) is 12.2. The lowest BCUT2D eigenvalue weighted by Gasteiger charge is -2.16. The number of hydrogen-bond acceptors (Lipinski definition) is 3. The normalized spacial score (nSPS) is 16.8. The third-order valence-corrected chi connectivity index (χ3v) is 6.19. The van der Waals surface area contributed by atoms with Crippen LogP contribution in [-0.4, -0.2) is 59.9 Å². The number of hydrogen-bond donors (Lipinski definition) is 2. The topological polar surface area (TPSA) is 57.5 Å². The van der Waals surface area contributed by atoms with Crippen LogP contribution in [0.15, 0.2) is 78.0 Å². The highest BCUT2D eigenvalue weighted by molar-refractivity contribution is 5.79. The Hall–Kier alpha value is -3.12. The van der Waals surface area contributed by atoms with Crippen molar-refractivity contribution >= 4 is 5.96 Å². The van der Waals surface area contributed by atoms with E-state index in [0.29, 0.717) is 5.92 Å². The fraction of sp³-hybridized carbons (Fsp3) is 0.407. The Morgan fingerprint density at radius 3 is 2.58 bits per heavy atom. The van der Waals surface area contributed by atoms with E-state index in [-0.39, 0.29) is 0 Å². The van der Waals surface area contributed by atoms with Crippen LogP contribution in [0.5, 0.6) is 0 Å². The van der Waals surface area contributed by atoms with Crippen LogP contribution in [0.3, 0.4) is 0 Å². The van der Waals surface area contributed by atoms with Gasteiger partial charge in [0.25, 0.3) is 0 Å². The van der Waals surface area contributed by atoms with Crippen LogP contribution in [0, 0.1) is 5.92 Å². The van der Waals surface area contributed by atoms with Crippen molar-refractivity contribution in [1.82, 2.24) is 25.3 Å². The predicted octanol–water partition coefficient (Wildman–Crippen LogP) is 3.53. The van der Waals surface area contributed by atoms with Gasteiger partial charge in [0.2, 0.25) is 0 Å². The Kier molecular flexibility index (Phi) is 8.53. The maximum absolute atomic E-state index is 4.88. The molecule has 0 saturated carbocycles. The quantitative estimate of drug-likeness (QED) is 0.371. The van der Waals surface area contributed by atoms with Crippen LogP contribution in [0.2, 0.25) is 0 Å². The molecule has 1 aliphatic rings. The molecule has 0 bridgehead atoms. The Labute approximate surface area is 197 Å². The summed E-state index contributed by atoms with van der Waals surface area (Å²) in [5.74, 6) is 1.57. The number of guanidine groups is 1. The Morgan fingerprint density at radius 2 is 1.82 bits per heavy atom. The summed E-state index contributed by atoms with van der Waals surface area (Å²) in [6, 6.07) is 21.3. The lowest BCUT2D eigenvalue weighted by Crippen LogP contribution is -2.38. The van der Waals surface area contributed by atoms with E-state index in [9.17, 15) is 0 Å². The van der Waals surface area contributed by atoms with Gasteiger partial charge in [0.05, 0.1) is 5.69 Å². The molecule has 1 saturated heterocycles. The zero-order chi connectivity index (χ0) is 22.7. The van der Waals surface area contributed by atoms with Gasteiger partial charge < -0.3 is 15.5 Å². The van der Waals surface area contributed by atoms with Crippen molar-refractivity contribution in [3.8, 4) is 5.69 Å². The molecule has 6 heteroatoms. The van der Waals surface area contributed by atoms with Gasteiger partial charge >= 0.3 is 0 Å². The molecule has 1 unspecified atom stereocenters. The molecule has 1 aromatic heterocycles. The van der Waals surface area contributed by atoms with Gasteiger partial charge in [-0.25, -0.2) is 4.68 Å². The van der Waals surface area contributed by atoms with Crippen LogP contribution in [0.1, 0.15) is 24.5 Å². The summed E-state index contributed by atoms with van der Waals surface area (Å²) >= 11 is 0. The number of likely N-dealkylation sites (tertiary alicyclic amines) is 1. The number of rotatable bonds is 10. The van der Waals surface area contributed by atoms with Gasteiger partial charge in [-0.3, -0.25) is 4.99 Å². The highest BCUT2D eigenvalue weighted by atomic mass is 15.3. The molecule has 2 N–H and O–H groups in total. The molecule has 6 nitrogen and oxygen atoms in total. The lowest BCUT2D eigenvalue weighted by atomic mass is 10.1. The first kappa shape index (κ1) is 23.1. The third-order valence-electron chi connectivity index (χ3n) is 6.19. The van der Waals surface area contributed by atoms with Crippen molar-refractivity contribution in [3.63, 3.8) is 0 Å². The zero-order valence-corrected chi connectivity index (χ0v) is 19.7. The number of nitrogens with zero attached hydrogens (tertiary/aromatic N) is 4. The SMILES string of the molecule is CCNC(=NCC1CCN(CCc2ccccc2)C1)NCCc1ccc(-n2cccn2)cc1. The minimum atomic E-state index is 0.645. The van der Waals surface area contributed by atoms with Crippen LogP contribution in [0.25, 0.3) is 5.69 Å². The first-order valence-corrected chi connectivity index (χ1v) is 12.2. The van der Waals surface area contributed by atoms with E-state index in [0.717, 1.165) is 57.2 Å². The van der Waals surface area contributed by atoms with E-state index in [2.05, 4.69) is 82.2 Å². The molecule has 4 rings (SSSR count). The summed E-state index contributed by atoms with van der Waals surface area (Å²) in [4.78, 5) is 7.47. The van der Waals surface area contributed by atoms with Crippen LogP contribution < -0.4 is 10.6 Å². The van der Waals surface area contributed by atoms with Crippen molar-refractivity contribution in [2.24, 2.45) is 10.9 Å². The smallest absolute Gasteiger partial charge is 0.191 e. The molecule has 1 atom stereocenters. The van der Waals surface area contributed by atoms with Crippen molar-refractivity contribution in [2.45, 2.75) is 26.2 Å². The Bertz CT molecular complexity index is 966. The first-order valence-electron chi connectivity index (χ1n) is 12.2. The van der Waals surface area contributed by atoms with Gasteiger partial charge in [0.1, 0.15) is 0 Å². The van der Waals surface area contributed by atoms with Crippen LogP contribution >= 0.6 is 0 Å². The highest BCUT2D eigenvalue weighted by Crippen LogP contribution is 2.17. The molecule has 1 aliphatic heterocycles. The molecule has 174 valence electrons. The summed E-state index contributed by atoms with van der Waals surface area (Å²) in [7, 11) is 0. The summed E-state index contributed by atoms with van der Waals surface area (Å²) < 4.78 is 1.88. The molecule has 1 fully saturated rings. The van der Waals surface area contributed by atoms with Gasteiger partial charge in [-0.05, 0) is 68.0 Å². The minimum absolute atomic E-state index is 0.645. The molecule has 3 aromatic rings. The average Bonchev–Trinajstić information content (AvgIpc) is 3.55. The number of aliphatic imine (C=N–C) groups is 1. The summed E-state index contributed by atoms with van der Waals surface area (Å²) in [5, 5.41) is 11.2. The number of nitrogens with one attached hydrogen (secondary N) is 2. The van der Waals surface area contributed by atoms with Crippen molar-refractivity contribution < 1.29 is 0 Å². The summed E-state index contributed by atoms with van der Waals surface area (Å²) in [5.41, 5.74) is 3.81. The maximum atomic E-state index is 4.88. The third kappa shape index (κ3) is 7.19. The van der Waals surface area contributed by atoms with E-state index < -0.39 is 0 Å². The van der Waals surface area contributed by atoms with Gasteiger partial charge in [-0.1, -0.05) is 42.5 Å². The van der Waals surface area contributed by atoms with Gasteiger partial charge in [0, 0.05) is 45.1 Å². The second-order valence-electron chi connectivity index (χ2n) is 8.70. The minimum Gasteiger partial charge on any atom is -0.357 e. The van der Waals surface area contributed by atoms with E-state index in [4.69, 9.17) is 4.99 Å². The van der Waals surface area contributed by atoms with E-state index in [1.54, 1.807) is 6.20 Å². The molecule has 2 heterocycles. The summed E-state index contributed by atoms with van der Waals surface area (Å²) in [6.07, 6.45) is 7.08. The maximum Gasteiger partial charge on any atom is 0.191 e. The predicted molar refractivity (Wildman–Crippen MR) is 136 cm³/mol. The van der Waals surface area contributed by atoms with E-state index >= 15 is 0 Å². The first-order chi connectivity index (χ1) is 16.3. The lowest BCUT2D eigenvalue weighted by molar-refractivity contribution is 0.329.